The van der Waals surface area contributed by atoms with Crippen LogP contribution in [0, 0.1) is 0 Å². The Morgan fingerprint density at radius 1 is 1.40 bits per heavy atom. The normalized spacial score (nSPS) is 18.8. The zero-order valence-corrected chi connectivity index (χ0v) is 15.4. The number of aliphatic hydroxyl groups excluding tert-OH is 1. The highest BCUT2D eigenvalue weighted by Crippen LogP contribution is 2.28. The second-order valence-electron chi connectivity index (χ2n) is 6.65. The molecule has 0 saturated carbocycles. The minimum absolute atomic E-state index is 0.229. The Morgan fingerprint density at radius 2 is 2.24 bits per heavy atom. The quantitative estimate of drug-likeness (QED) is 0.658. The number of allylic oxidation sites excluding steroid dienone is 1. The van der Waals surface area contributed by atoms with Crippen molar-refractivity contribution in [3.8, 4) is 11.5 Å². The number of methoxy groups -OCH3 is 1. The molecule has 2 unspecified atom stereocenters. The number of likely N-dealkylation sites (N-methyl/N-ethyl adjacent to an activating group) is 1. The molecule has 0 radical (unpaired) electrons. The van der Waals surface area contributed by atoms with E-state index >= 15 is 0 Å². The Balaban J connectivity index is 1.78. The summed E-state index contributed by atoms with van der Waals surface area (Å²) in [6, 6.07) is 5.80. The highest BCUT2D eigenvalue weighted by atomic mass is 16.5. The van der Waals surface area contributed by atoms with Gasteiger partial charge < -0.3 is 24.2 Å². The van der Waals surface area contributed by atoms with Crippen molar-refractivity contribution in [2.24, 2.45) is 0 Å². The molecule has 0 aromatic heterocycles. The smallest absolute Gasteiger partial charge is 0.161 e. The lowest BCUT2D eigenvalue weighted by atomic mass is 10.1. The Bertz CT molecular complexity index is 528. The summed E-state index contributed by atoms with van der Waals surface area (Å²) < 4.78 is 16.9. The maximum absolute atomic E-state index is 10.3. The van der Waals surface area contributed by atoms with E-state index in [2.05, 4.69) is 11.5 Å². The van der Waals surface area contributed by atoms with Crippen LogP contribution in [0.5, 0.6) is 11.5 Å². The summed E-state index contributed by atoms with van der Waals surface area (Å²) in [5, 5.41) is 10.3. The third-order valence-electron chi connectivity index (χ3n) is 4.35. The van der Waals surface area contributed by atoms with Crippen molar-refractivity contribution in [1.29, 1.82) is 0 Å². The number of nitrogens with zero attached hydrogens (tertiary/aromatic N) is 1. The molecule has 5 heteroatoms. The molecule has 1 aliphatic rings. The molecule has 1 aromatic rings. The van der Waals surface area contributed by atoms with E-state index in [9.17, 15) is 5.11 Å². The molecule has 5 nitrogen and oxygen atoms in total. The standard InChI is InChI=1S/C20H31NO4/c1-4-7-16-9-10-19(20(12-16)23-3)25-15-17(22)13-21(2)14-18-8-5-6-11-24-18/h4,9-10,12,17-18,22H,1,5-8,11,13-15H2,2-3H3. The van der Waals surface area contributed by atoms with Crippen LogP contribution >= 0.6 is 0 Å². The third-order valence-corrected chi connectivity index (χ3v) is 4.35. The Kier molecular flexibility index (Phi) is 8.25. The first-order valence-electron chi connectivity index (χ1n) is 9.01. The summed E-state index contributed by atoms with van der Waals surface area (Å²) in [5.74, 6) is 1.32. The van der Waals surface area contributed by atoms with Crippen LogP contribution in [0.4, 0.5) is 0 Å². The van der Waals surface area contributed by atoms with Gasteiger partial charge in [0.05, 0.1) is 13.2 Å². The van der Waals surface area contributed by atoms with E-state index in [4.69, 9.17) is 14.2 Å². The molecule has 0 bridgehead atoms. The molecule has 0 aliphatic carbocycles. The van der Waals surface area contributed by atoms with Gasteiger partial charge in [0.2, 0.25) is 0 Å². The molecule has 1 aliphatic heterocycles. The van der Waals surface area contributed by atoms with Crippen LogP contribution in [0.15, 0.2) is 30.9 Å². The number of aliphatic hydroxyl groups is 1. The summed E-state index contributed by atoms with van der Waals surface area (Å²) in [6.07, 6.45) is 5.84. The fraction of sp³-hybridized carbons (Fsp3) is 0.600. The molecular formula is C20H31NO4. The predicted molar refractivity (Wildman–Crippen MR) is 99.5 cm³/mol. The molecule has 0 spiro atoms. The number of ether oxygens (including phenoxy) is 3. The van der Waals surface area contributed by atoms with Crippen molar-refractivity contribution in [3.05, 3.63) is 36.4 Å². The largest absolute Gasteiger partial charge is 0.493 e. The van der Waals surface area contributed by atoms with Gasteiger partial charge in [-0.1, -0.05) is 12.1 Å². The van der Waals surface area contributed by atoms with E-state index in [1.165, 1.54) is 6.42 Å². The highest BCUT2D eigenvalue weighted by molar-refractivity contribution is 5.43. The molecule has 2 rings (SSSR count). The van der Waals surface area contributed by atoms with E-state index in [1.807, 2.05) is 31.3 Å². The zero-order valence-electron chi connectivity index (χ0n) is 15.4. The van der Waals surface area contributed by atoms with E-state index < -0.39 is 6.10 Å². The van der Waals surface area contributed by atoms with Crippen molar-refractivity contribution < 1.29 is 19.3 Å². The van der Waals surface area contributed by atoms with Crippen LogP contribution in [0.25, 0.3) is 0 Å². The lowest BCUT2D eigenvalue weighted by Gasteiger charge is -2.28. The molecule has 25 heavy (non-hydrogen) atoms. The van der Waals surface area contributed by atoms with Crippen molar-refractivity contribution in [3.63, 3.8) is 0 Å². The Labute approximate surface area is 151 Å². The van der Waals surface area contributed by atoms with E-state index in [-0.39, 0.29) is 12.7 Å². The molecule has 1 saturated heterocycles. The van der Waals surface area contributed by atoms with Gasteiger partial charge in [0.1, 0.15) is 12.7 Å². The first-order valence-corrected chi connectivity index (χ1v) is 9.01. The minimum atomic E-state index is -0.564. The van der Waals surface area contributed by atoms with E-state index in [1.54, 1.807) is 7.11 Å². The summed E-state index contributed by atoms with van der Waals surface area (Å²) >= 11 is 0. The van der Waals surface area contributed by atoms with Gasteiger partial charge in [0.15, 0.2) is 11.5 Å². The lowest BCUT2D eigenvalue weighted by molar-refractivity contribution is -0.0109. The van der Waals surface area contributed by atoms with Crippen molar-refractivity contribution in [2.45, 2.75) is 37.9 Å². The van der Waals surface area contributed by atoms with Gasteiger partial charge in [-0.3, -0.25) is 0 Å². The molecule has 2 atom stereocenters. The predicted octanol–water partition coefficient (Wildman–Crippen LogP) is 2.66. The molecule has 1 fully saturated rings. The van der Waals surface area contributed by atoms with Gasteiger partial charge in [-0.15, -0.1) is 6.58 Å². The molecule has 1 heterocycles. The third kappa shape index (κ3) is 6.69. The maximum atomic E-state index is 10.3. The lowest BCUT2D eigenvalue weighted by Crippen LogP contribution is -2.39. The SMILES string of the molecule is C=CCc1ccc(OCC(O)CN(C)CC2CCCCO2)c(OC)c1. The number of hydrogen-bond acceptors (Lipinski definition) is 5. The average molecular weight is 349 g/mol. The fourth-order valence-corrected chi connectivity index (χ4v) is 3.10. The molecular weight excluding hydrogens is 318 g/mol. The Morgan fingerprint density at radius 3 is 2.92 bits per heavy atom. The van der Waals surface area contributed by atoms with Gasteiger partial charge in [0, 0.05) is 19.7 Å². The van der Waals surface area contributed by atoms with Gasteiger partial charge in [0.25, 0.3) is 0 Å². The zero-order chi connectivity index (χ0) is 18.1. The van der Waals surface area contributed by atoms with Crippen molar-refractivity contribution in [2.75, 3.05) is 40.5 Å². The second kappa shape index (κ2) is 10.4. The van der Waals surface area contributed by atoms with Gasteiger partial charge in [-0.2, -0.15) is 0 Å². The topological polar surface area (TPSA) is 51.2 Å². The monoisotopic (exact) mass is 349 g/mol. The van der Waals surface area contributed by atoms with Crippen LogP contribution in [0.2, 0.25) is 0 Å². The summed E-state index contributed by atoms with van der Waals surface area (Å²) in [6.45, 7) is 6.22. The molecule has 1 N–H and O–H groups in total. The first-order chi connectivity index (χ1) is 12.1. The number of hydrogen-bond donors (Lipinski definition) is 1. The summed E-state index contributed by atoms with van der Waals surface area (Å²) in [4.78, 5) is 2.11. The minimum Gasteiger partial charge on any atom is -0.493 e. The van der Waals surface area contributed by atoms with Gasteiger partial charge >= 0.3 is 0 Å². The molecule has 1 aromatic carbocycles. The number of rotatable bonds is 10. The first kappa shape index (κ1) is 19.8. The van der Waals surface area contributed by atoms with E-state index in [0.29, 0.717) is 18.0 Å². The van der Waals surface area contributed by atoms with Crippen molar-refractivity contribution >= 4 is 0 Å². The van der Waals surface area contributed by atoms with Crippen molar-refractivity contribution in [1.82, 2.24) is 4.90 Å². The van der Waals surface area contributed by atoms with Gasteiger partial charge in [-0.05, 0) is 50.4 Å². The summed E-state index contributed by atoms with van der Waals surface area (Å²) in [5.41, 5.74) is 1.12. The Hall–Kier alpha value is -1.56. The average Bonchev–Trinajstić information content (AvgIpc) is 2.61. The number of benzene rings is 1. The van der Waals surface area contributed by atoms with Gasteiger partial charge in [-0.25, -0.2) is 0 Å². The van der Waals surface area contributed by atoms with Crippen LogP contribution in [-0.2, 0) is 11.2 Å². The second-order valence-corrected chi connectivity index (χ2v) is 6.65. The molecule has 140 valence electrons. The fourth-order valence-electron chi connectivity index (χ4n) is 3.10. The van der Waals surface area contributed by atoms with Crippen LogP contribution in [0.3, 0.4) is 0 Å². The van der Waals surface area contributed by atoms with Crippen LogP contribution in [-0.4, -0.2) is 62.7 Å². The molecule has 0 amide bonds. The van der Waals surface area contributed by atoms with E-state index in [0.717, 1.165) is 38.0 Å². The maximum Gasteiger partial charge on any atom is 0.161 e. The highest BCUT2D eigenvalue weighted by Gasteiger charge is 2.18. The summed E-state index contributed by atoms with van der Waals surface area (Å²) in [7, 11) is 3.63. The van der Waals surface area contributed by atoms with Crippen LogP contribution < -0.4 is 9.47 Å². The van der Waals surface area contributed by atoms with Crippen LogP contribution in [0.1, 0.15) is 24.8 Å².